The highest BCUT2D eigenvalue weighted by Gasteiger charge is 2.23. The number of allylic oxidation sites excluding steroid dienone is 2. The van der Waals surface area contributed by atoms with Gasteiger partial charge in [-0.25, -0.2) is 4.39 Å². The topological polar surface area (TPSA) is 9.23 Å². The van der Waals surface area contributed by atoms with Crippen molar-refractivity contribution in [2.75, 3.05) is 6.61 Å². The van der Waals surface area contributed by atoms with E-state index in [2.05, 4.69) is 37.8 Å². The molecule has 0 bridgehead atoms. The summed E-state index contributed by atoms with van der Waals surface area (Å²) in [6, 6.07) is 11.2. The molecule has 0 N–H and O–H groups in total. The molecule has 2 aromatic carbocycles. The Morgan fingerprint density at radius 1 is 0.816 bits per heavy atom. The normalized spacial score (nSPS) is 24.0. The van der Waals surface area contributed by atoms with Crippen molar-refractivity contribution in [3.8, 4) is 16.9 Å². The third-order valence-corrected chi connectivity index (χ3v) is 8.90. The monoisotopic (exact) mass is 520 g/mol. The first kappa shape index (κ1) is 28.6. The maximum Gasteiger partial charge on any atom is 0.201 e. The van der Waals surface area contributed by atoms with Crippen LogP contribution in [0.25, 0.3) is 11.1 Å². The quantitative estimate of drug-likeness (QED) is 0.200. The molecule has 2 aliphatic carbocycles. The van der Waals surface area contributed by atoms with Gasteiger partial charge in [-0.15, -0.1) is 6.58 Å². The van der Waals surface area contributed by atoms with Gasteiger partial charge >= 0.3 is 0 Å². The largest absolute Gasteiger partial charge is 0.490 e. The Balaban J connectivity index is 1.21. The number of hydrogen-bond donors (Lipinski definition) is 0. The third-order valence-electron chi connectivity index (χ3n) is 8.90. The molecule has 0 aliphatic heterocycles. The predicted octanol–water partition coefficient (Wildman–Crippen LogP) is 10.8. The van der Waals surface area contributed by atoms with Gasteiger partial charge in [-0.1, -0.05) is 62.3 Å². The van der Waals surface area contributed by atoms with Crippen LogP contribution in [0.15, 0.2) is 61.2 Å². The summed E-state index contributed by atoms with van der Waals surface area (Å²) in [5.41, 5.74) is 2.29. The SMILES string of the molecule is C=CCCOc1ccc(-c2ccc(C3CCC(CC/C=C/C4CCC(CCC)CC4)CC3)cc2)c(F)c1F. The zero-order chi connectivity index (χ0) is 26.7. The smallest absolute Gasteiger partial charge is 0.201 e. The summed E-state index contributed by atoms with van der Waals surface area (Å²) in [5.74, 6) is 1.37. The Kier molecular flexibility index (Phi) is 11.0. The molecule has 38 heavy (non-hydrogen) atoms. The lowest BCUT2D eigenvalue weighted by molar-refractivity contribution is 0.293. The highest BCUT2D eigenvalue weighted by molar-refractivity contribution is 5.65. The summed E-state index contributed by atoms with van der Waals surface area (Å²) in [7, 11) is 0. The fourth-order valence-corrected chi connectivity index (χ4v) is 6.54. The lowest BCUT2D eigenvalue weighted by Crippen LogP contribution is -2.13. The van der Waals surface area contributed by atoms with Crippen molar-refractivity contribution in [2.24, 2.45) is 17.8 Å². The van der Waals surface area contributed by atoms with E-state index in [1.54, 1.807) is 12.1 Å². The summed E-state index contributed by atoms with van der Waals surface area (Å²) in [6.45, 7) is 6.21. The van der Waals surface area contributed by atoms with Crippen molar-refractivity contribution < 1.29 is 13.5 Å². The van der Waals surface area contributed by atoms with Crippen LogP contribution in [-0.4, -0.2) is 6.61 Å². The Morgan fingerprint density at radius 2 is 1.50 bits per heavy atom. The molecule has 2 fully saturated rings. The van der Waals surface area contributed by atoms with E-state index in [0.717, 1.165) is 17.8 Å². The molecular weight excluding hydrogens is 474 g/mol. The van der Waals surface area contributed by atoms with E-state index in [0.29, 0.717) is 17.9 Å². The molecule has 0 aromatic heterocycles. The molecule has 0 unspecified atom stereocenters. The van der Waals surface area contributed by atoms with Crippen molar-refractivity contribution in [3.63, 3.8) is 0 Å². The van der Waals surface area contributed by atoms with Crippen LogP contribution in [-0.2, 0) is 0 Å². The van der Waals surface area contributed by atoms with Crippen molar-refractivity contribution in [3.05, 3.63) is 78.4 Å². The van der Waals surface area contributed by atoms with Crippen LogP contribution < -0.4 is 4.74 Å². The van der Waals surface area contributed by atoms with Gasteiger partial charge in [-0.2, -0.15) is 4.39 Å². The minimum atomic E-state index is -0.928. The number of benzene rings is 2. The van der Waals surface area contributed by atoms with Crippen LogP contribution in [0.4, 0.5) is 8.78 Å². The molecule has 0 spiro atoms. The average molecular weight is 521 g/mol. The maximum absolute atomic E-state index is 14.8. The zero-order valence-electron chi connectivity index (χ0n) is 23.3. The summed E-state index contributed by atoms with van der Waals surface area (Å²) < 4.78 is 34.6. The van der Waals surface area contributed by atoms with Gasteiger partial charge in [0, 0.05) is 5.56 Å². The first-order valence-electron chi connectivity index (χ1n) is 15.1. The van der Waals surface area contributed by atoms with Gasteiger partial charge < -0.3 is 4.74 Å². The fraction of sp³-hybridized carbons (Fsp3) is 0.543. The van der Waals surface area contributed by atoms with E-state index in [9.17, 15) is 8.78 Å². The average Bonchev–Trinajstić information content (AvgIpc) is 2.95. The van der Waals surface area contributed by atoms with E-state index in [1.165, 1.54) is 88.7 Å². The van der Waals surface area contributed by atoms with Crippen LogP contribution in [0.3, 0.4) is 0 Å². The second-order valence-electron chi connectivity index (χ2n) is 11.6. The molecule has 0 amide bonds. The minimum absolute atomic E-state index is 0.0495. The Hall–Kier alpha value is -2.42. The minimum Gasteiger partial charge on any atom is -0.490 e. The second-order valence-corrected chi connectivity index (χ2v) is 11.6. The van der Waals surface area contributed by atoms with Gasteiger partial charge in [0.05, 0.1) is 6.61 Å². The molecule has 4 rings (SSSR count). The van der Waals surface area contributed by atoms with Gasteiger partial charge in [0.2, 0.25) is 5.82 Å². The van der Waals surface area contributed by atoms with Crippen LogP contribution in [0.5, 0.6) is 5.75 Å². The standard InChI is InChI=1S/C35H46F2O/c1-3-5-25-38-33-24-23-32(34(36)35(33)37)31-21-19-30(20-22-31)29-17-15-28(16-18-29)10-7-6-9-27-13-11-26(8-4-2)12-14-27/h3,6,9,19-24,26-29H,1,4-5,7-8,10-18,25H2,2H3/b9-6+. The van der Waals surface area contributed by atoms with Gasteiger partial charge in [-0.3, -0.25) is 0 Å². The number of ether oxygens (including phenoxy) is 1. The Morgan fingerprint density at radius 3 is 2.18 bits per heavy atom. The molecule has 206 valence electrons. The number of rotatable bonds is 12. The van der Waals surface area contributed by atoms with Crippen LogP contribution in [0, 0.1) is 29.4 Å². The van der Waals surface area contributed by atoms with Gasteiger partial charge in [0.25, 0.3) is 0 Å². The van der Waals surface area contributed by atoms with Crippen molar-refractivity contribution in [2.45, 2.75) is 96.3 Å². The van der Waals surface area contributed by atoms with Crippen molar-refractivity contribution in [1.82, 2.24) is 0 Å². The second kappa shape index (κ2) is 14.7. The highest BCUT2D eigenvalue weighted by atomic mass is 19.2. The Labute approximate surface area is 229 Å². The molecule has 2 aromatic rings. The van der Waals surface area contributed by atoms with E-state index >= 15 is 0 Å². The lowest BCUT2D eigenvalue weighted by atomic mass is 9.77. The summed E-state index contributed by atoms with van der Waals surface area (Å²) in [4.78, 5) is 0. The fourth-order valence-electron chi connectivity index (χ4n) is 6.54. The maximum atomic E-state index is 14.8. The number of halogens is 2. The van der Waals surface area contributed by atoms with Crippen LogP contribution in [0.1, 0.15) is 102 Å². The van der Waals surface area contributed by atoms with E-state index in [1.807, 2.05) is 12.1 Å². The highest BCUT2D eigenvalue weighted by Crippen LogP contribution is 2.39. The van der Waals surface area contributed by atoms with Crippen LogP contribution >= 0.6 is 0 Å². The van der Waals surface area contributed by atoms with Gasteiger partial charge in [-0.05, 0) is 118 Å². The van der Waals surface area contributed by atoms with Crippen molar-refractivity contribution >= 4 is 0 Å². The van der Waals surface area contributed by atoms with Crippen LogP contribution in [0.2, 0.25) is 0 Å². The van der Waals surface area contributed by atoms with E-state index in [4.69, 9.17) is 4.74 Å². The molecule has 0 radical (unpaired) electrons. The summed E-state index contributed by atoms with van der Waals surface area (Å²) in [5, 5.41) is 0. The first-order valence-corrected chi connectivity index (χ1v) is 15.1. The third kappa shape index (κ3) is 7.80. The lowest BCUT2D eigenvalue weighted by Gasteiger charge is -2.29. The number of hydrogen-bond acceptors (Lipinski definition) is 1. The molecule has 1 nitrogen and oxygen atoms in total. The van der Waals surface area contributed by atoms with Gasteiger partial charge in [0.15, 0.2) is 11.6 Å². The molecule has 2 aliphatic rings. The van der Waals surface area contributed by atoms with Gasteiger partial charge in [0.1, 0.15) is 0 Å². The first-order chi connectivity index (χ1) is 18.6. The summed E-state index contributed by atoms with van der Waals surface area (Å²) >= 11 is 0. The Bertz CT molecular complexity index is 1020. The molecule has 0 atom stereocenters. The molecule has 0 heterocycles. The predicted molar refractivity (Wildman–Crippen MR) is 156 cm³/mol. The van der Waals surface area contributed by atoms with Crippen molar-refractivity contribution in [1.29, 1.82) is 0 Å². The van der Waals surface area contributed by atoms with E-state index in [-0.39, 0.29) is 17.9 Å². The summed E-state index contributed by atoms with van der Waals surface area (Å²) in [6.07, 6.45) is 23.2. The molecule has 2 saturated carbocycles. The molecular formula is C35H46F2O. The zero-order valence-corrected chi connectivity index (χ0v) is 23.3. The molecule has 3 heteroatoms. The molecule has 0 saturated heterocycles. The van der Waals surface area contributed by atoms with E-state index < -0.39 is 11.6 Å².